The number of nitrogens with zero attached hydrogens (tertiary/aromatic N) is 2. The van der Waals surface area contributed by atoms with E-state index in [1.165, 1.54) is 0 Å². The SMILES string of the molecule is CCOc1ccc(NC(=O)[C@@H](C)n2nc(C)c3ccccc32)cc1. The van der Waals surface area contributed by atoms with Crippen LogP contribution in [0.5, 0.6) is 5.75 Å². The van der Waals surface area contributed by atoms with Gasteiger partial charge in [-0.05, 0) is 51.1 Å². The number of aromatic nitrogens is 2. The molecule has 0 bridgehead atoms. The molecule has 0 aliphatic heterocycles. The molecule has 0 aliphatic rings. The van der Waals surface area contributed by atoms with E-state index in [4.69, 9.17) is 4.74 Å². The van der Waals surface area contributed by atoms with Crippen LogP contribution in [0.15, 0.2) is 48.5 Å². The number of fused-ring (bicyclic) bond motifs is 1. The highest BCUT2D eigenvalue weighted by Crippen LogP contribution is 2.22. The summed E-state index contributed by atoms with van der Waals surface area (Å²) in [6.45, 7) is 6.36. The van der Waals surface area contributed by atoms with Crippen LogP contribution < -0.4 is 10.1 Å². The number of hydrogen-bond acceptors (Lipinski definition) is 3. The highest BCUT2D eigenvalue weighted by Gasteiger charge is 2.19. The van der Waals surface area contributed by atoms with E-state index in [0.29, 0.717) is 6.61 Å². The van der Waals surface area contributed by atoms with Gasteiger partial charge in [-0.3, -0.25) is 9.48 Å². The van der Waals surface area contributed by atoms with Crippen LogP contribution in [0, 0.1) is 6.92 Å². The molecule has 0 saturated heterocycles. The summed E-state index contributed by atoms with van der Waals surface area (Å²) >= 11 is 0. The number of amides is 1. The molecule has 0 unspecified atom stereocenters. The number of ether oxygens (including phenoxy) is 1. The van der Waals surface area contributed by atoms with Crippen molar-refractivity contribution < 1.29 is 9.53 Å². The smallest absolute Gasteiger partial charge is 0.248 e. The molecule has 124 valence electrons. The molecule has 0 spiro atoms. The Morgan fingerprint density at radius 2 is 1.92 bits per heavy atom. The first-order valence-electron chi connectivity index (χ1n) is 8.07. The van der Waals surface area contributed by atoms with Crippen LogP contribution in [0.3, 0.4) is 0 Å². The van der Waals surface area contributed by atoms with E-state index in [1.807, 2.05) is 69.3 Å². The second-order valence-electron chi connectivity index (χ2n) is 5.67. The Balaban J connectivity index is 1.79. The molecular weight excluding hydrogens is 302 g/mol. The number of aryl methyl sites for hydroxylation is 1. The predicted octanol–water partition coefficient (Wildman–Crippen LogP) is 3.94. The third-order valence-electron chi connectivity index (χ3n) is 3.98. The third kappa shape index (κ3) is 3.11. The van der Waals surface area contributed by atoms with Crippen LogP contribution in [0.2, 0.25) is 0 Å². The standard InChI is InChI=1S/C19H21N3O2/c1-4-24-16-11-9-15(10-12-16)20-19(23)14(3)22-18-8-6-5-7-17(18)13(2)21-22/h5-12,14H,4H2,1-3H3,(H,20,23)/t14-/m1/s1. The van der Waals surface area contributed by atoms with Gasteiger partial charge < -0.3 is 10.1 Å². The Bertz CT molecular complexity index is 853. The van der Waals surface area contributed by atoms with Gasteiger partial charge in [-0.25, -0.2) is 0 Å². The van der Waals surface area contributed by atoms with E-state index in [-0.39, 0.29) is 5.91 Å². The highest BCUT2D eigenvalue weighted by atomic mass is 16.5. The zero-order chi connectivity index (χ0) is 17.1. The van der Waals surface area contributed by atoms with Gasteiger partial charge in [0.2, 0.25) is 5.91 Å². The lowest BCUT2D eigenvalue weighted by molar-refractivity contribution is -0.119. The van der Waals surface area contributed by atoms with Gasteiger partial charge in [0.1, 0.15) is 11.8 Å². The number of hydrogen-bond donors (Lipinski definition) is 1. The lowest BCUT2D eigenvalue weighted by atomic mass is 10.2. The Labute approximate surface area is 141 Å². The molecule has 1 N–H and O–H groups in total. The van der Waals surface area contributed by atoms with Gasteiger partial charge in [-0.15, -0.1) is 0 Å². The molecule has 24 heavy (non-hydrogen) atoms. The summed E-state index contributed by atoms with van der Waals surface area (Å²) in [5.41, 5.74) is 2.62. The molecule has 1 amide bonds. The summed E-state index contributed by atoms with van der Waals surface area (Å²) in [5, 5.41) is 8.52. The zero-order valence-electron chi connectivity index (χ0n) is 14.1. The van der Waals surface area contributed by atoms with Gasteiger partial charge >= 0.3 is 0 Å². The van der Waals surface area contributed by atoms with Crippen molar-refractivity contribution in [3.05, 3.63) is 54.2 Å². The van der Waals surface area contributed by atoms with Crippen molar-refractivity contribution >= 4 is 22.5 Å². The van der Waals surface area contributed by atoms with E-state index in [9.17, 15) is 4.79 Å². The monoisotopic (exact) mass is 323 g/mol. The number of benzene rings is 2. The Morgan fingerprint density at radius 3 is 2.62 bits per heavy atom. The summed E-state index contributed by atoms with van der Waals surface area (Å²) in [7, 11) is 0. The largest absolute Gasteiger partial charge is 0.494 e. The molecule has 1 heterocycles. The fourth-order valence-corrected chi connectivity index (χ4v) is 2.70. The molecule has 1 aromatic heterocycles. The van der Waals surface area contributed by atoms with Crippen molar-refractivity contribution in [2.24, 2.45) is 0 Å². The average Bonchev–Trinajstić information content (AvgIpc) is 2.93. The Hall–Kier alpha value is -2.82. The molecule has 3 aromatic rings. The summed E-state index contributed by atoms with van der Waals surface area (Å²) in [4.78, 5) is 12.6. The molecule has 0 fully saturated rings. The van der Waals surface area contributed by atoms with Crippen molar-refractivity contribution in [2.45, 2.75) is 26.8 Å². The van der Waals surface area contributed by atoms with E-state index < -0.39 is 6.04 Å². The van der Waals surface area contributed by atoms with Crippen LogP contribution >= 0.6 is 0 Å². The van der Waals surface area contributed by atoms with Crippen molar-refractivity contribution in [3.63, 3.8) is 0 Å². The lowest BCUT2D eigenvalue weighted by Crippen LogP contribution is -2.24. The molecule has 0 radical (unpaired) electrons. The second-order valence-corrected chi connectivity index (χ2v) is 5.67. The molecule has 0 aliphatic carbocycles. The average molecular weight is 323 g/mol. The molecule has 3 rings (SSSR count). The maximum absolute atomic E-state index is 12.6. The van der Waals surface area contributed by atoms with Gasteiger partial charge in [0.25, 0.3) is 0 Å². The van der Waals surface area contributed by atoms with Crippen molar-refractivity contribution in [1.82, 2.24) is 9.78 Å². The molecule has 5 nitrogen and oxygen atoms in total. The summed E-state index contributed by atoms with van der Waals surface area (Å²) < 4.78 is 7.18. The quantitative estimate of drug-likeness (QED) is 0.773. The van der Waals surface area contributed by atoms with E-state index >= 15 is 0 Å². The fraction of sp³-hybridized carbons (Fsp3) is 0.263. The van der Waals surface area contributed by atoms with E-state index in [1.54, 1.807) is 4.68 Å². The maximum Gasteiger partial charge on any atom is 0.248 e. The first-order valence-corrected chi connectivity index (χ1v) is 8.07. The van der Waals surface area contributed by atoms with Crippen LogP contribution in [-0.4, -0.2) is 22.3 Å². The normalized spacial score (nSPS) is 12.1. The highest BCUT2D eigenvalue weighted by molar-refractivity contribution is 5.94. The van der Waals surface area contributed by atoms with Crippen LogP contribution in [-0.2, 0) is 4.79 Å². The minimum absolute atomic E-state index is 0.104. The van der Waals surface area contributed by atoms with Crippen LogP contribution in [0.4, 0.5) is 5.69 Å². The van der Waals surface area contributed by atoms with Gasteiger partial charge in [0, 0.05) is 11.1 Å². The van der Waals surface area contributed by atoms with Crippen molar-refractivity contribution in [2.75, 3.05) is 11.9 Å². The number of carbonyl (C=O) groups is 1. The molecule has 0 saturated carbocycles. The number of carbonyl (C=O) groups excluding carboxylic acids is 1. The van der Waals surface area contributed by atoms with Gasteiger partial charge in [-0.2, -0.15) is 5.10 Å². The topological polar surface area (TPSA) is 56.1 Å². The number of anilines is 1. The minimum Gasteiger partial charge on any atom is -0.494 e. The van der Waals surface area contributed by atoms with E-state index in [0.717, 1.165) is 28.0 Å². The summed E-state index contributed by atoms with van der Waals surface area (Å²) in [5.74, 6) is 0.685. The Kier molecular flexibility index (Phi) is 4.51. The maximum atomic E-state index is 12.6. The number of para-hydroxylation sites is 1. The third-order valence-corrected chi connectivity index (χ3v) is 3.98. The van der Waals surface area contributed by atoms with Crippen molar-refractivity contribution in [3.8, 4) is 5.75 Å². The predicted molar refractivity (Wildman–Crippen MR) is 95.4 cm³/mol. The molecule has 5 heteroatoms. The zero-order valence-corrected chi connectivity index (χ0v) is 14.1. The second kappa shape index (κ2) is 6.74. The number of nitrogens with one attached hydrogen (secondary N) is 1. The van der Waals surface area contributed by atoms with Gasteiger partial charge in [-0.1, -0.05) is 18.2 Å². The molecule has 2 aromatic carbocycles. The number of rotatable bonds is 5. The first kappa shape index (κ1) is 16.1. The fourth-order valence-electron chi connectivity index (χ4n) is 2.70. The summed E-state index contributed by atoms with van der Waals surface area (Å²) in [6.07, 6.45) is 0. The van der Waals surface area contributed by atoms with Crippen LogP contribution in [0.25, 0.3) is 10.9 Å². The molecular formula is C19H21N3O2. The molecule has 1 atom stereocenters. The minimum atomic E-state index is -0.407. The van der Waals surface area contributed by atoms with Crippen molar-refractivity contribution in [1.29, 1.82) is 0 Å². The summed E-state index contributed by atoms with van der Waals surface area (Å²) in [6, 6.07) is 14.9. The van der Waals surface area contributed by atoms with Crippen LogP contribution in [0.1, 0.15) is 25.6 Å². The Morgan fingerprint density at radius 1 is 1.21 bits per heavy atom. The lowest BCUT2D eigenvalue weighted by Gasteiger charge is -2.14. The van der Waals surface area contributed by atoms with Gasteiger partial charge in [0.15, 0.2) is 0 Å². The van der Waals surface area contributed by atoms with Gasteiger partial charge in [0.05, 0.1) is 17.8 Å². The van der Waals surface area contributed by atoms with E-state index in [2.05, 4.69) is 10.4 Å². The first-order chi connectivity index (χ1) is 11.6.